The van der Waals surface area contributed by atoms with E-state index in [0.29, 0.717) is 25.7 Å². The molecule has 0 unspecified atom stereocenters. The number of nitrogens with one attached hydrogen (secondary N) is 1. The topological polar surface area (TPSA) is 85.6 Å². The molecule has 1 aromatic rings. The number of hydrogen-bond donors (Lipinski definition) is 1. The maximum Gasteiger partial charge on any atom is 0.287 e. The fourth-order valence-corrected chi connectivity index (χ4v) is 2.66. The number of ether oxygens (including phenoxy) is 1. The first-order valence-corrected chi connectivity index (χ1v) is 8.93. The lowest BCUT2D eigenvalue weighted by molar-refractivity contribution is 0.0879. The van der Waals surface area contributed by atoms with Crippen LogP contribution in [0.1, 0.15) is 36.6 Å². The summed E-state index contributed by atoms with van der Waals surface area (Å²) in [6.07, 6.45) is 0.961. The molecular formula is C13H20ClNO5S. The minimum Gasteiger partial charge on any atom is -0.455 e. The van der Waals surface area contributed by atoms with Crippen molar-refractivity contribution in [3.05, 3.63) is 17.6 Å². The van der Waals surface area contributed by atoms with E-state index in [-0.39, 0.29) is 16.4 Å². The third-order valence-corrected chi connectivity index (χ3v) is 4.16. The standard InChI is InChI=1S/C13H20ClNO5S/c1-9(2)4-6-19-7-5-15-13(16)11-8-12(10(3)20-11)21(14,17)18/h8-9H,4-7H2,1-3H3,(H,15,16). The van der Waals surface area contributed by atoms with Gasteiger partial charge in [-0.2, -0.15) is 0 Å². The van der Waals surface area contributed by atoms with Crippen LogP contribution in [-0.2, 0) is 13.8 Å². The Morgan fingerprint density at radius 2 is 2.10 bits per heavy atom. The van der Waals surface area contributed by atoms with Crippen molar-refractivity contribution in [2.45, 2.75) is 32.1 Å². The Hall–Kier alpha value is -1.05. The number of amides is 1. The van der Waals surface area contributed by atoms with Gasteiger partial charge in [-0.1, -0.05) is 13.8 Å². The van der Waals surface area contributed by atoms with Gasteiger partial charge in [0, 0.05) is 29.9 Å². The van der Waals surface area contributed by atoms with Gasteiger partial charge in [0.15, 0.2) is 5.76 Å². The minimum absolute atomic E-state index is 0.0864. The van der Waals surface area contributed by atoms with Gasteiger partial charge >= 0.3 is 0 Å². The number of furan rings is 1. The Morgan fingerprint density at radius 1 is 1.43 bits per heavy atom. The average molecular weight is 338 g/mol. The third kappa shape index (κ3) is 6.07. The lowest BCUT2D eigenvalue weighted by Gasteiger charge is -2.06. The maximum atomic E-state index is 11.8. The molecule has 1 rings (SSSR count). The number of carbonyl (C=O) groups is 1. The largest absolute Gasteiger partial charge is 0.455 e. The summed E-state index contributed by atoms with van der Waals surface area (Å²) in [5.41, 5.74) is 0. The second-order valence-corrected chi connectivity index (χ2v) is 7.55. The van der Waals surface area contributed by atoms with Gasteiger partial charge in [0.1, 0.15) is 10.7 Å². The van der Waals surface area contributed by atoms with E-state index in [9.17, 15) is 13.2 Å². The molecule has 0 fully saturated rings. The molecule has 0 aliphatic carbocycles. The molecule has 0 aromatic carbocycles. The van der Waals surface area contributed by atoms with Crippen molar-refractivity contribution >= 4 is 25.6 Å². The second-order valence-electron chi connectivity index (χ2n) is 5.02. The van der Waals surface area contributed by atoms with Gasteiger partial charge in [0.2, 0.25) is 0 Å². The summed E-state index contributed by atoms with van der Waals surface area (Å²) in [5, 5.41) is 2.58. The van der Waals surface area contributed by atoms with Crippen molar-refractivity contribution in [1.29, 1.82) is 0 Å². The lowest BCUT2D eigenvalue weighted by atomic mass is 10.1. The second kappa shape index (κ2) is 7.82. The molecule has 0 aliphatic rings. The van der Waals surface area contributed by atoms with Gasteiger partial charge in [-0.25, -0.2) is 8.42 Å². The number of carbonyl (C=O) groups excluding carboxylic acids is 1. The zero-order valence-electron chi connectivity index (χ0n) is 12.3. The Balaban J connectivity index is 2.43. The van der Waals surface area contributed by atoms with Crippen molar-refractivity contribution < 1.29 is 22.4 Å². The van der Waals surface area contributed by atoms with Crippen LogP contribution in [0.5, 0.6) is 0 Å². The summed E-state index contributed by atoms with van der Waals surface area (Å²) in [5.74, 6) is 0.0657. The van der Waals surface area contributed by atoms with Crippen LogP contribution in [0.15, 0.2) is 15.4 Å². The number of halogens is 1. The molecule has 0 atom stereocenters. The van der Waals surface area contributed by atoms with Crippen LogP contribution < -0.4 is 5.32 Å². The van der Waals surface area contributed by atoms with Gasteiger partial charge in [0.25, 0.3) is 15.0 Å². The molecule has 1 aromatic heterocycles. The van der Waals surface area contributed by atoms with Crippen LogP contribution >= 0.6 is 10.7 Å². The molecule has 21 heavy (non-hydrogen) atoms. The van der Waals surface area contributed by atoms with Crippen LogP contribution in [0.2, 0.25) is 0 Å². The van der Waals surface area contributed by atoms with Crippen LogP contribution in [0, 0.1) is 12.8 Å². The maximum absolute atomic E-state index is 11.8. The van der Waals surface area contributed by atoms with E-state index in [1.807, 2.05) is 0 Å². The molecule has 0 saturated heterocycles. The normalized spacial score (nSPS) is 11.9. The molecule has 0 bridgehead atoms. The van der Waals surface area contributed by atoms with Crippen LogP contribution in [0.3, 0.4) is 0 Å². The first kappa shape index (κ1) is 18.0. The third-order valence-electron chi connectivity index (χ3n) is 2.73. The van der Waals surface area contributed by atoms with Crippen LogP contribution in [-0.4, -0.2) is 34.1 Å². The number of aryl methyl sites for hydroxylation is 1. The van der Waals surface area contributed by atoms with E-state index in [0.717, 1.165) is 12.5 Å². The molecule has 0 radical (unpaired) electrons. The Morgan fingerprint density at radius 3 is 2.62 bits per heavy atom. The van der Waals surface area contributed by atoms with Crippen LogP contribution in [0.4, 0.5) is 0 Å². The highest BCUT2D eigenvalue weighted by Gasteiger charge is 2.21. The minimum atomic E-state index is -3.91. The van der Waals surface area contributed by atoms with Gasteiger partial charge in [-0.15, -0.1) is 0 Å². The average Bonchev–Trinajstić information content (AvgIpc) is 2.75. The molecule has 1 amide bonds. The first-order valence-electron chi connectivity index (χ1n) is 6.63. The molecule has 1 N–H and O–H groups in total. The fourth-order valence-electron chi connectivity index (χ4n) is 1.56. The van der Waals surface area contributed by atoms with E-state index in [1.54, 1.807) is 0 Å². The smallest absolute Gasteiger partial charge is 0.287 e. The highest BCUT2D eigenvalue weighted by atomic mass is 35.7. The van der Waals surface area contributed by atoms with Crippen LogP contribution in [0.25, 0.3) is 0 Å². The van der Waals surface area contributed by atoms with E-state index >= 15 is 0 Å². The van der Waals surface area contributed by atoms with Gasteiger partial charge in [-0.3, -0.25) is 4.79 Å². The first-order chi connectivity index (χ1) is 9.71. The number of rotatable bonds is 8. The van der Waals surface area contributed by atoms with Crippen molar-refractivity contribution in [2.75, 3.05) is 19.8 Å². The van der Waals surface area contributed by atoms with Crippen molar-refractivity contribution in [3.63, 3.8) is 0 Å². The quantitative estimate of drug-likeness (QED) is 0.581. The summed E-state index contributed by atoms with van der Waals surface area (Å²) in [4.78, 5) is 11.6. The highest BCUT2D eigenvalue weighted by Crippen LogP contribution is 2.23. The molecule has 8 heteroatoms. The number of hydrogen-bond acceptors (Lipinski definition) is 5. The molecule has 0 spiro atoms. The van der Waals surface area contributed by atoms with E-state index < -0.39 is 15.0 Å². The zero-order chi connectivity index (χ0) is 16.0. The summed E-state index contributed by atoms with van der Waals surface area (Å²) >= 11 is 0. The van der Waals surface area contributed by atoms with E-state index in [1.165, 1.54) is 6.92 Å². The predicted octanol–water partition coefficient (Wildman–Crippen LogP) is 2.31. The highest BCUT2D eigenvalue weighted by molar-refractivity contribution is 8.13. The van der Waals surface area contributed by atoms with E-state index in [2.05, 4.69) is 19.2 Å². The van der Waals surface area contributed by atoms with Crippen molar-refractivity contribution in [3.8, 4) is 0 Å². The SMILES string of the molecule is Cc1oc(C(=O)NCCOCCC(C)C)cc1S(=O)(=O)Cl. The molecule has 0 aliphatic heterocycles. The molecular weight excluding hydrogens is 318 g/mol. The van der Waals surface area contributed by atoms with Gasteiger partial charge in [-0.05, 0) is 19.3 Å². The Labute approximate surface area is 129 Å². The molecule has 6 nitrogen and oxygen atoms in total. The summed E-state index contributed by atoms with van der Waals surface area (Å²) < 4.78 is 32.9. The van der Waals surface area contributed by atoms with E-state index in [4.69, 9.17) is 19.8 Å². The monoisotopic (exact) mass is 337 g/mol. The summed E-state index contributed by atoms with van der Waals surface area (Å²) in [7, 11) is 1.32. The zero-order valence-corrected chi connectivity index (χ0v) is 13.9. The Kier molecular flexibility index (Phi) is 6.70. The molecule has 1 heterocycles. The summed E-state index contributed by atoms with van der Waals surface area (Å²) in [6, 6.07) is 1.12. The lowest BCUT2D eigenvalue weighted by Crippen LogP contribution is -2.27. The molecule has 120 valence electrons. The summed E-state index contributed by atoms with van der Waals surface area (Å²) in [6.45, 7) is 6.99. The molecule has 0 saturated carbocycles. The predicted molar refractivity (Wildman–Crippen MR) is 79.1 cm³/mol. The Bertz CT molecular complexity index is 579. The van der Waals surface area contributed by atoms with Gasteiger partial charge < -0.3 is 14.5 Å². The van der Waals surface area contributed by atoms with Gasteiger partial charge in [0.05, 0.1) is 6.61 Å². The van der Waals surface area contributed by atoms with Crippen molar-refractivity contribution in [2.24, 2.45) is 5.92 Å². The van der Waals surface area contributed by atoms with Crippen molar-refractivity contribution in [1.82, 2.24) is 5.32 Å². The fraction of sp³-hybridized carbons (Fsp3) is 0.615.